The Bertz CT molecular complexity index is 1050. The third-order valence-corrected chi connectivity index (χ3v) is 7.62. The second-order valence-electron chi connectivity index (χ2n) is 8.10. The van der Waals surface area contributed by atoms with E-state index in [1.54, 1.807) is 31.2 Å². The van der Waals surface area contributed by atoms with Crippen molar-refractivity contribution in [1.29, 1.82) is 0 Å². The fourth-order valence-corrected chi connectivity index (χ4v) is 5.25. The lowest BCUT2D eigenvalue weighted by atomic mass is 10.1. The highest BCUT2D eigenvalue weighted by Gasteiger charge is 2.26. The zero-order valence-electron chi connectivity index (χ0n) is 18.8. The van der Waals surface area contributed by atoms with E-state index in [0.717, 1.165) is 24.8 Å². The second-order valence-corrected chi connectivity index (χ2v) is 10.0. The summed E-state index contributed by atoms with van der Waals surface area (Å²) in [4.78, 5) is 26.6. The summed E-state index contributed by atoms with van der Waals surface area (Å²) in [5.74, 6) is -0.872. The summed E-state index contributed by atoms with van der Waals surface area (Å²) in [7, 11) is -3.51. The summed E-state index contributed by atoms with van der Waals surface area (Å²) in [5, 5.41) is 2.73. The first-order valence-electron chi connectivity index (χ1n) is 11.2. The molecule has 1 aliphatic rings. The molecule has 1 N–H and O–H groups in total. The van der Waals surface area contributed by atoms with Crippen LogP contribution in [0.25, 0.3) is 0 Å². The highest BCUT2D eigenvalue weighted by Crippen LogP contribution is 2.21. The SMILES string of the molecule is CCN(CC(=O)NCc1ccc(F)cc1)C(=O)Cc1ccc(S(=O)(=O)N2CCCCC2)cc1. The van der Waals surface area contributed by atoms with E-state index in [4.69, 9.17) is 0 Å². The largest absolute Gasteiger partial charge is 0.350 e. The van der Waals surface area contributed by atoms with Gasteiger partial charge in [0, 0.05) is 26.2 Å². The zero-order valence-corrected chi connectivity index (χ0v) is 19.6. The van der Waals surface area contributed by atoms with Gasteiger partial charge in [0.2, 0.25) is 21.8 Å². The predicted octanol–water partition coefficient (Wildman–Crippen LogP) is 2.71. The Hall–Kier alpha value is -2.78. The Labute approximate surface area is 194 Å². The average molecular weight is 476 g/mol. The number of rotatable bonds is 9. The maximum Gasteiger partial charge on any atom is 0.243 e. The molecule has 0 unspecified atom stereocenters. The molecule has 0 radical (unpaired) electrons. The molecule has 1 aliphatic heterocycles. The van der Waals surface area contributed by atoms with Gasteiger partial charge in [-0.1, -0.05) is 30.7 Å². The van der Waals surface area contributed by atoms with Crippen LogP contribution in [0.15, 0.2) is 53.4 Å². The average Bonchev–Trinajstić information content (AvgIpc) is 2.83. The van der Waals surface area contributed by atoms with E-state index < -0.39 is 10.0 Å². The fourth-order valence-electron chi connectivity index (χ4n) is 3.73. The second kappa shape index (κ2) is 11.4. The zero-order chi connectivity index (χ0) is 23.8. The summed E-state index contributed by atoms with van der Waals surface area (Å²) in [6, 6.07) is 12.2. The normalized spacial score (nSPS) is 14.6. The van der Waals surface area contributed by atoms with Gasteiger partial charge in [-0.2, -0.15) is 4.31 Å². The van der Waals surface area contributed by atoms with Crippen molar-refractivity contribution in [2.45, 2.75) is 44.0 Å². The molecular formula is C24H30FN3O4S. The Kier molecular flexibility index (Phi) is 8.57. The molecule has 7 nitrogen and oxygen atoms in total. The van der Waals surface area contributed by atoms with Crippen LogP contribution in [0.1, 0.15) is 37.3 Å². The number of nitrogens with zero attached hydrogens (tertiary/aromatic N) is 2. The molecule has 9 heteroatoms. The molecule has 1 heterocycles. The molecule has 1 fully saturated rings. The molecule has 178 valence electrons. The summed E-state index contributed by atoms with van der Waals surface area (Å²) < 4.78 is 40.0. The van der Waals surface area contributed by atoms with Gasteiger partial charge in [-0.25, -0.2) is 12.8 Å². The molecule has 2 aromatic rings. The van der Waals surface area contributed by atoms with Gasteiger partial charge in [-0.15, -0.1) is 0 Å². The number of amides is 2. The molecule has 0 spiro atoms. The topological polar surface area (TPSA) is 86.8 Å². The standard InChI is InChI=1S/C24H30FN3O4S/c1-2-27(18-23(29)26-17-20-6-10-21(25)11-7-20)24(30)16-19-8-12-22(13-9-19)33(31,32)28-14-4-3-5-15-28/h6-13H,2-5,14-18H2,1H3,(H,26,29). The molecule has 0 aromatic heterocycles. The van der Waals surface area contributed by atoms with Crippen LogP contribution in [0.2, 0.25) is 0 Å². The van der Waals surface area contributed by atoms with E-state index in [1.807, 2.05) is 0 Å². The minimum atomic E-state index is -3.51. The van der Waals surface area contributed by atoms with Gasteiger partial charge in [0.25, 0.3) is 0 Å². The first-order chi connectivity index (χ1) is 15.8. The monoisotopic (exact) mass is 475 g/mol. The fraction of sp³-hybridized carbons (Fsp3) is 0.417. The Balaban J connectivity index is 1.54. The molecule has 0 bridgehead atoms. The van der Waals surface area contributed by atoms with Gasteiger partial charge in [0.15, 0.2) is 0 Å². The molecule has 33 heavy (non-hydrogen) atoms. The summed E-state index contributed by atoms with van der Waals surface area (Å²) in [6.07, 6.45) is 2.86. The van der Waals surface area contributed by atoms with Crippen LogP contribution in [-0.4, -0.2) is 55.6 Å². The Morgan fingerprint density at radius 3 is 2.18 bits per heavy atom. The quantitative estimate of drug-likeness (QED) is 0.604. The van der Waals surface area contributed by atoms with Crippen LogP contribution in [0.3, 0.4) is 0 Å². The van der Waals surface area contributed by atoms with E-state index in [0.29, 0.717) is 25.2 Å². The van der Waals surface area contributed by atoms with Crippen LogP contribution in [-0.2, 0) is 32.6 Å². The van der Waals surface area contributed by atoms with E-state index in [1.165, 1.54) is 33.5 Å². The van der Waals surface area contributed by atoms with Crippen molar-refractivity contribution in [3.63, 3.8) is 0 Å². The number of hydrogen-bond acceptors (Lipinski definition) is 4. The highest BCUT2D eigenvalue weighted by molar-refractivity contribution is 7.89. The third-order valence-electron chi connectivity index (χ3n) is 5.70. The van der Waals surface area contributed by atoms with E-state index in [2.05, 4.69) is 5.32 Å². The van der Waals surface area contributed by atoms with Crippen LogP contribution >= 0.6 is 0 Å². The van der Waals surface area contributed by atoms with E-state index in [9.17, 15) is 22.4 Å². The number of nitrogens with one attached hydrogen (secondary N) is 1. The molecule has 0 saturated carbocycles. The Morgan fingerprint density at radius 1 is 0.970 bits per heavy atom. The third kappa shape index (κ3) is 6.85. The minimum Gasteiger partial charge on any atom is -0.350 e. The predicted molar refractivity (Wildman–Crippen MR) is 123 cm³/mol. The first kappa shape index (κ1) is 24.9. The Morgan fingerprint density at radius 2 is 1.58 bits per heavy atom. The van der Waals surface area contributed by atoms with Crippen molar-refractivity contribution in [1.82, 2.24) is 14.5 Å². The van der Waals surface area contributed by atoms with E-state index in [-0.39, 0.29) is 42.0 Å². The number of halogens is 1. The molecular weight excluding hydrogens is 445 g/mol. The minimum absolute atomic E-state index is 0.0725. The summed E-state index contributed by atoms with van der Waals surface area (Å²) in [6.45, 7) is 3.40. The maximum atomic E-state index is 13.0. The number of sulfonamides is 1. The van der Waals surface area contributed by atoms with Crippen LogP contribution in [0.5, 0.6) is 0 Å². The van der Waals surface area contributed by atoms with Crippen LogP contribution < -0.4 is 5.32 Å². The highest BCUT2D eigenvalue weighted by atomic mass is 32.2. The van der Waals surface area contributed by atoms with Crippen molar-refractivity contribution in [3.8, 4) is 0 Å². The van der Waals surface area contributed by atoms with Crippen molar-refractivity contribution in [2.75, 3.05) is 26.2 Å². The number of carbonyl (C=O) groups is 2. The first-order valence-corrected chi connectivity index (χ1v) is 12.6. The number of likely N-dealkylation sites (N-methyl/N-ethyl adjacent to an activating group) is 1. The smallest absolute Gasteiger partial charge is 0.243 e. The molecule has 2 aromatic carbocycles. The summed E-state index contributed by atoms with van der Waals surface area (Å²) in [5.41, 5.74) is 1.45. The number of carbonyl (C=O) groups excluding carboxylic acids is 2. The molecule has 0 aliphatic carbocycles. The van der Waals surface area contributed by atoms with E-state index >= 15 is 0 Å². The van der Waals surface area contributed by atoms with Gasteiger partial charge < -0.3 is 10.2 Å². The lowest BCUT2D eigenvalue weighted by Gasteiger charge is -2.26. The number of benzene rings is 2. The van der Waals surface area contributed by atoms with Crippen molar-refractivity contribution in [2.24, 2.45) is 0 Å². The van der Waals surface area contributed by atoms with Crippen molar-refractivity contribution < 1.29 is 22.4 Å². The molecule has 1 saturated heterocycles. The number of piperidine rings is 1. The molecule has 0 atom stereocenters. The van der Waals surface area contributed by atoms with Gasteiger partial charge in [0.05, 0.1) is 17.9 Å². The molecule has 3 rings (SSSR count). The van der Waals surface area contributed by atoms with Crippen molar-refractivity contribution >= 4 is 21.8 Å². The van der Waals surface area contributed by atoms with Gasteiger partial charge in [-0.05, 0) is 55.2 Å². The molecule has 2 amide bonds. The maximum absolute atomic E-state index is 13.0. The van der Waals surface area contributed by atoms with Gasteiger partial charge >= 0.3 is 0 Å². The number of hydrogen-bond donors (Lipinski definition) is 1. The van der Waals surface area contributed by atoms with Gasteiger partial charge in [0.1, 0.15) is 5.82 Å². The lowest BCUT2D eigenvalue weighted by Crippen LogP contribution is -2.41. The van der Waals surface area contributed by atoms with Gasteiger partial charge in [-0.3, -0.25) is 9.59 Å². The lowest BCUT2D eigenvalue weighted by molar-refractivity contribution is -0.135. The van der Waals surface area contributed by atoms with Crippen molar-refractivity contribution in [3.05, 3.63) is 65.5 Å². The van der Waals surface area contributed by atoms with Crippen LogP contribution in [0.4, 0.5) is 4.39 Å². The van der Waals surface area contributed by atoms with Crippen LogP contribution in [0, 0.1) is 5.82 Å². The summed E-state index contributed by atoms with van der Waals surface area (Å²) >= 11 is 0.